The van der Waals surface area contributed by atoms with Crippen LogP contribution in [0.3, 0.4) is 0 Å². The van der Waals surface area contributed by atoms with Crippen molar-refractivity contribution in [2.75, 3.05) is 5.32 Å². The maximum absolute atomic E-state index is 13.5. The van der Waals surface area contributed by atoms with Crippen LogP contribution in [-0.2, 0) is 10.4 Å². The lowest BCUT2D eigenvalue weighted by Gasteiger charge is -2.44. The Labute approximate surface area is 195 Å². The number of halogens is 1. The van der Waals surface area contributed by atoms with Crippen LogP contribution in [0.2, 0.25) is 0 Å². The van der Waals surface area contributed by atoms with Crippen LogP contribution in [0.4, 0.5) is 16.0 Å². The van der Waals surface area contributed by atoms with Crippen LogP contribution in [0.25, 0.3) is 10.4 Å². The normalized spacial score (nSPS) is 22.2. The molecule has 1 aromatic carbocycles. The molecule has 1 saturated carbocycles. The van der Waals surface area contributed by atoms with Crippen molar-refractivity contribution in [3.05, 3.63) is 52.7 Å². The van der Waals surface area contributed by atoms with E-state index >= 15 is 0 Å². The zero-order valence-corrected chi connectivity index (χ0v) is 19.8. The molecule has 0 bridgehead atoms. The molecule has 0 saturated heterocycles. The van der Waals surface area contributed by atoms with Gasteiger partial charge in [0.25, 0.3) is 0 Å². The predicted molar refractivity (Wildman–Crippen MR) is 125 cm³/mol. The number of carboxylic acid groups (broad SMARTS) is 1. The molecule has 1 aliphatic rings. The van der Waals surface area contributed by atoms with Crippen molar-refractivity contribution < 1.29 is 19.4 Å². The van der Waals surface area contributed by atoms with E-state index in [9.17, 15) is 19.4 Å². The highest BCUT2D eigenvalue weighted by atomic mass is 32.1. The second kappa shape index (κ2) is 8.46. The fourth-order valence-corrected chi connectivity index (χ4v) is 5.66. The highest BCUT2D eigenvalue weighted by molar-refractivity contribution is 7.15. The Balaban J connectivity index is 1.59. The summed E-state index contributed by atoms with van der Waals surface area (Å²) < 4.78 is 13.5. The monoisotopic (exact) mass is 470 g/mol. The molecule has 1 fully saturated rings. The summed E-state index contributed by atoms with van der Waals surface area (Å²) in [6.07, 6.45) is 3.99. The van der Waals surface area contributed by atoms with Crippen molar-refractivity contribution in [1.82, 2.24) is 15.0 Å². The molecule has 9 heteroatoms. The third-order valence-electron chi connectivity index (χ3n) is 6.28. The van der Waals surface area contributed by atoms with Crippen LogP contribution >= 0.6 is 11.3 Å². The van der Waals surface area contributed by atoms with Gasteiger partial charge >= 0.3 is 5.97 Å². The average molecular weight is 471 g/mol. The van der Waals surface area contributed by atoms with Crippen LogP contribution in [0.5, 0.6) is 0 Å². The Morgan fingerprint density at radius 1 is 1.21 bits per heavy atom. The molecule has 0 radical (unpaired) electrons. The van der Waals surface area contributed by atoms with Gasteiger partial charge in [0.05, 0.1) is 22.7 Å². The van der Waals surface area contributed by atoms with Gasteiger partial charge in [0.1, 0.15) is 10.6 Å². The summed E-state index contributed by atoms with van der Waals surface area (Å²) in [4.78, 5) is 25.1. The quantitative estimate of drug-likeness (QED) is 0.470. The predicted octanol–water partition coefficient (Wildman–Crippen LogP) is 5.20. The molecule has 0 unspecified atom stereocenters. The second-order valence-corrected chi connectivity index (χ2v) is 10.5. The minimum absolute atomic E-state index is 0.265. The molecule has 0 spiro atoms. The zero-order chi connectivity index (χ0) is 24.0. The third kappa shape index (κ3) is 4.74. The van der Waals surface area contributed by atoms with Crippen molar-refractivity contribution in [1.29, 1.82) is 0 Å². The topological polar surface area (TPSA) is 108 Å². The van der Waals surface area contributed by atoms with E-state index in [0.717, 1.165) is 27.9 Å². The summed E-state index contributed by atoms with van der Waals surface area (Å²) in [6.45, 7) is 7.33. The van der Waals surface area contributed by atoms with Gasteiger partial charge in [-0.3, -0.25) is 4.79 Å². The van der Waals surface area contributed by atoms with Crippen LogP contribution < -0.4 is 5.32 Å². The molecule has 0 aliphatic heterocycles. The van der Waals surface area contributed by atoms with Crippen molar-refractivity contribution >= 4 is 28.9 Å². The number of nitrogens with one attached hydrogen (secondary N) is 1. The van der Waals surface area contributed by atoms with E-state index in [1.165, 1.54) is 11.3 Å². The number of hydrogen-bond donors (Lipinski definition) is 3. The smallest absolute Gasteiger partial charge is 0.307 e. The number of carbonyl (C=O) groups is 1. The highest BCUT2D eigenvalue weighted by Crippen LogP contribution is 2.50. The van der Waals surface area contributed by atoms with Gasteiger partial charge in [-0.1, -0.05) is 19.9 Å². The molecule has 0 amide bonds. The molecule has 3 aromatic rings. The van der Waals surface area contributed by atoms with Gasteiger partial charge in [-0.05, 0) is 61.8 Å². The van der Waals surface area contributed by atoms with Crippen LogP contribution in [0.1, 0.15) is 49.4 Å². The lowest BCUT2D eigenvalue weighted by Crippen LogP contribution is -2.44. The molecule has 1 aliphatic carbocycles. The van der Waals surface area contributed by atoms with Crippen molar-refractivity contribution in [2.24, 2.45) is 11.3 Å². The van der Waals surface area contributed by atoms with E-state index in [2.05, 4.69) is 20.3 Å². The molecular formula is C24H27FN4O3S. The zero-order valence-electron chi connectivity index (χ0n) is 19.0. The highest BCUT2D eigenvalue weighted by Gasteiger charge is 2.49. The third-order valence-corrected chi connectivity index (χ3v) is 7.52. The van der Waals surface area contributed by atoms with Crippen LogP contribution in [0, 0.1) is 31.0 Å². The first kappa shape index (κ1) is 23.3. The summed E-state index contributed by atoms with van der Waals surface area (Å²) in [5.41, 5.74) is 1.25. The molecule has 174 valence electrons. The Morgan fingerprint density at radius 2 is 1.97 bits per heavy atom. The number of aliphatic hydroxyl groups is 1. The number of thiazole rings is 1. The summed E-state index contributed by atoms with van der Waals surface area (Å²) in [5, 5.41) is 24.6. The summed E-state index contributed by atoms with van der Waals surface area (Å²) >= 11 is 1.41. The number of benzene rings is 1. The molecule has 33 heavy (non-hydrogen) atoms. The number of aromatic nitrogens is 3. The Morgan fingerprint density at radius 3 is 2.64 bits per heavy atom. The van der Waals surface area contributed by atoms with Crippen LogP contribution in [0.15, 0.2) is 30.6 Å². The number of rotatable bonds is 5. The fourth-order valence-electron chi connectivity index (χ4n) is 4.64. The minimum atomic E-state index is -1.15. The van der Waals surface area contributed by atoms with Gasteiger partial charge in [-0.15, -0.1) is 11.3 Å². The molecule has 3 N–H and O–H groups in total. The largest absolute Gasteiger partial charge is 0.481 e. The van der Waals surface area contributed by atoms with Crippen molar-refractivity contribution in [3.8, 4) is 10.4 Å². The lowest BCUT2D eigenvalue weighted by molar-refractivity contribution is -0.154. The SMILES string of the molecule is Cc1cc(Nc2ncc(F)c(C)n2)cc(-c2cnc([C@@]3(O)CC[C@H](C(=O)O)C(C)(C)C3)s2)c1. The van der Waals surface area contributed by atoms with E-state index in [4.69, 9.17) is 0 Å². The maximum Gasteiger partial charge on any atom is 0.307 e. The van der Waals surface area contributed by atoms with E-state index < -0.39 is 28.7 Å². The number of nitrogens with zero attached hydrogens (tertiary/aromatic N) is 3. The molecular weight excluding hydrogens is 443 g/mol. The molecule has 2 heterocycles. The van der Waals surface area contributed by atoms with E-state index in [0.29, 0.717) is 30.2 Å². The Bertz CT molecular complexity index is 1210. The number of aliphatic carboxylic acids is 1. The van der Waals surface area contributed by atoms with Crippen molar-refractivity contribution in [3.63, 3.8) is 0 Å². The standard InChI is InChI=1S/C24H27FN4O3S/c1-13-7-15(9-16(8-13)29-22-27-10-18(25)14(2)28-22)19-11-26-21(33-19)24(32)6-5-17(20(30)31)23(3,4)12-24/h7-11,17,32H,5-6,12H2,1-4H3,(H,30,31)(H,27,28,29)/t17-,24-/m1/s1. The maximum atomic E-state index is 13.5. The van der Waals surface area contributed by atoms with E-state index in [-0.39, 0.29) is 5.69 Å². The van der Waals surface area contributed by atoms with Gasteiger partial charge in [0.15, 0.2) is 5.82 Å². The molecule has 7 nitrogen and oxygen atoms in total. The van der Waals surface area contributed by atoms with Crippen molar-refractivity contribution in [2.45, 2.75) is 52.6 Å². The van der Waals surface area contributed by atoms with Gasteiger partial charge in [-0.2, -0.15) is 0 Å². The molecule has 2 atom stereocenters. The first-order chi connectivity index (χ1) is 15.5. The van der Waals surface area contributed by atoms with Crippen LogP contribution in [-0.4, -0.2) is 31.1 Å². The summed E-state index contributed by atoms with van der Waals surface area (Å²) in [7, 11) is 0. The Kier molecular flexibility index (Phi) is 5.96. The number of carboxylic acids is 1. The summed E-state index contributed by atoms with van der Waals surface area (Å²) in [6, 6.07) is 5.90. The first-order valence-electron chi connectivity index (χ1n) is 10.8. The minimum Gasteiger partial charge on any atom is -0.481 e. The van der Waals surface area contributed by atoms with Gasteiger partial charge in [0, 0.05) is 11.9 Å². The number of aryl methyl sites for hydroxylation is 2. The van der Waals surface area contributed by atoms with E-state index in [1.54, 1.807) is 13.1 Å². The van der Waals surface area contributed by atoms with Gasteiger partial charge in [0.2, 0.25) is 5.95 Å². The summed E-state index contributed by atoms with van der Waals surface area (Å²) in [5.74, 6) is -1.45. The first-order valence-corrected chi connectivity index (χ1v) is 11.6. The molecule has 4 rings (SSSR count). The van der Waals surface area contributed by atoms with Gasteiger partial charge < -0.3 is 15.5 Å². The van der Waals surface area contributed by atoms with E-state index in [1.807, 2.05) is 39.0 Å². The number of anilines is 2. The second-order valence-electron chi connectivity index (χ2n) is 9.50. The lowest BCUT2D eigenvalue weighted by atomic mass is 9.63. The number of hydrogen-bond acceptors (Lipinski definition) is 7. The van der Waals surface area contributed by atoms with Gasteiger partial charge in [-0.25, -0.2) is 19.3 Å². The average Bonchev–Trinajstić information content (AvgIpc) is 3.20. The Hall–Kier alpha value is -2.91. The molecule has 2 aromatic heterocycles. The fraction of sp³-hybridized carbons (Fsp3) is 0.417.